The van der Waals surface area contributed by atoms with Gasteiger partial charge < -0.3 is 9.84 Å². The Morgan fingerprint density at radius 2 is 2.20 bits per heavy atom. The first-order chi connectivity index (χ1) is 4.75. The summed E-state index contributed by atoms with van der Waals surface area (Å²) in [5, 5.41) is 9.37. The summed E-state index contributed by atoms with van der Waals surface area (Å²) in [7, 11) is 0. The van der Waals surface area contributed by atoms with Gasteiger partial charge >= 0.3 is 0 Å². The lowest BCUT2D eigenvalue weighted by Crippen LogP contribution is -2.15. The normalized spacial score (nSPS) is 33.9. The maximum atomic E-state index is 9.37. The van der Waals surface area contributed by atoms with Gasteiger partial charge in [0.15, 0.2) is 0 Å². The lowest BCUT2D eigenvalue weighted by molar-refractivity contribution is 0.124. The fraction of sp³-hybridized carbons (Fsp3) is 1.00. The Morgan fingerprint density at radius 1 is 1.60 bits per heavy atom. The third-order valence-corrected chi connectivity index (χ3v) is 1.99. The van der Waals surface area contributed by atoms with Crippen molar-refractivity contribution >= 4 is 0 Å². The van der Waals surface area contributed by atoms with Gasteiger partial charge in [0.1, 0.15) is 6.10 Å². The Hall–Kier alpha value is -0.0800. The molecule has 1 N–H and O–H groups in total. The van der Waals surface area contributed by atoms with Crippen molar-refractivity contribution in [3.8, 4) is 0 Å². The van der Waals surface area contributed by atoms with Crippen LogP contribution in [0.5, 0.6) is 0 Å². The molecular weight excluding hydrogens is 128 g/mol. The van der Waals surface area contributed by atoms with Crippen molar-refractivity contribution in [2.24, 2.45) is 0 Å². The molecule has 2 nitrogen and oxygen atoms in total. The Kier molecular flexibility index (Phi) is 2.69. The van der Waals surface area contributed by atoms with Crippen LogP contribution in [-0.2, 0) is 4.74 Å². The molecule has 0 aliphatic carbocycles. The van der Waals surface area contributed by atoms with Crippen LogP contribution >= 0.6 is 0 Å². The van der Waals surface area contributed by atoms with Gasteiger partial charge in [-0.2, -0.15) is 0 Å². The van der Waals surface area contributed by atoms with Gasteiger partial charge in [0, 0.05) is 0 Å². The summed E-state index contributed by atoms with van der Waals surface area (Å²) in [6, 6.07) is 0. The molecule has 0 aromatic carbocycles. The Bertz CT molecular complexity index is 103. The van der Waals surface area contributed by atoms with Crippen molar-refractivity contribution in [2.45, 2.75) is 51.4 Å². The van der Waals surface area contributed by atoms with Crippen molar-refractivity contribution in [3.63, 3.8) is 0 Å². The van der Waals surface area contributed by atoms with Gasteiger partial charge in [-0.3, -0.25) is 0 Å². The lowest BCUT2D eigenvalue weighted by Gasteiger charge is -2.04. The predicted molar refractivity (Wildman–Crippen MR) is 39.9 cm³/mol. The summed E-state index contributed by atoms with van der Waals surface area (Å²) in [5.74, 6) is 0. The highest BCUT2D eigenvalue weighted by Gasteiger charge is 2.39. The van der Waals surface area contributed by atoms with E-state index in [-0.39, 0.29) is 12.2 Å². The lowest BCUT2D eigenvalue weighted by atomic mass is 10.1. The standard InChI is InChI=1S/C8H16O2/c1-3-4-5-7(9)8-6(2)10-8/h6-9H,3-5H2,1-2H3/t6-,7+,8-/m1/s1. The number of aliphatic hydroxyl groups excluding tert-OH is 1. The average molecular weight is 144 g/mol. The molecule has 2 heteroatoms. The molecule has 0 aromatic heterocycles. The van der Waals surface area contributed by atoms with E-state index in [2.05, 4.69) is 6.92 Å². The van der Waals surface area contributed by atoms with E-state index in [1.165, 1.54) is 0 Å². The molecule has 1 aliphatic heterocycles. The first kappa shape index (κ1) is 8.02. The van der Waals surface area contributed by atoms with Crippen LogP contribution in [0.25, 0.3) is 0 Å². The number of hydrogen-bond donors (Lipinski definition) is 1. The first-order valence-corrected chi connectivity index (χ1v) is 4.09. The van der Waals surface area contributed by atoms with E-state index in [9.17, 15) is 5.11 Å². The summed E-state index contributed by atoms with van der Waals surface area (Å²) < 4.78 is 5.13. The Morgan fingerprint density at radius 3 is 2.60 bits per heavy atom. The smallest absolute Gasteiger partial charge is 0.110 e. The molecule has 1 aliphatic rings. The second kappa shape index (κ2) is 3.35. The molecule has 0 bridgehead atoms. The highest BCUT2D eigenvalue weighted by atomic mass is 16.6. The van der Waals surface area contributed by atoms with Gasteiger partial charge in [0.05, 0.1) is 12.2 Å². The van der Waals surface area contributed by atoms with E-state index >= 15 is 0 Å². The molecule has 10 heavy (non-hydrogen) atoms. The number of aliphatic hydroxyl groups is 1. The van der Waals surface area contributed by atoms with Gasteiger partial charge in [0.25, 0.3) is 0 Å². The molecule has 3 atom stereocenters. The van der Waals surface area contributed by atoms with E-state index in [1.807, 2.05) is 6.92 Å². The second-order valence-electron chi connectivity index (χ2n) is 3.02. The second-order valence-corrected chi connectivity index (χ2v) is 3.02. The molecule has 0 amide bonds. The van der Waals surface area contributed by atoms with Crippen molar-refractivity contribution in [2.75, 3.05) is 0 Å². The van der Waals surface area contributed by atoms with Crippen LogP contribution in [0.2, 0.25) is 0 Å². The van der Waals surface area contributed by atoms with Crippen LogP contribution in [0.1, 0.15) is 33.1 Å². The number of rotatable bonds is 4. The minimum absolute atomic E-state index is 0.145. The van der Waals surface area contributed by atoms with Gasteiger partial charge in [-0.1, -0.05) is 19.8 Å². The Labute approximate surface area is 62.2 Å². The number of ether oxygens (including phenoxy) is 1. The average Bonchev–Trinajstić information content (AvgIpc) is 2.62. The van der Waals surface area contributed by atoms with Crippen molar-refractivity contribution in [1.29, 1.82) is 0 Å². The quantitative estimate of drug-likeness (QED) is 0.604. The van der Waals surface area contributed by atoms with Crippen LogP contribution in [-0.4, -0.2) is 23.4 Å². The van der Waals surface area contributed by atoms with E-state index in [0.29, 0.717) is 6.10 Å². The molecule has 1 fully saturated rings. The Balaban J connectivity index is 2.04. The maximum Gasteiger partial charge on any atom is 0.110 e. The monoisotopic (exact) mass is 144 g/mol. The largest absolute Gasteiger partial charge is 0.390 e. The topological polar surface area (TPSA) is 32.8 Å². The molecule has 60 valence electrons. The molecule has 1 rings (SSSR count). The van der Waals surface area contributed by atoms with Crippen LogP contribution in [0.3, 0.4) is 0 Å². The van der Waals surface area contributed by atoms with E-state index < -0.39 is 0 Å². The van der Waals surface area contributed by atoms with Crippen LogP contribution in [0, 0.1) is 0 Å². The summed E-state index contributed by atoms with van der Waals surface area (Å²) >= 11 is 0. The van der Waals surface area contributed by atoms with Crippen LogP contribution < -0.4 is 0 Å². The zero-order valence-electron chi connectivity index (χ0n) is 6.71. The summed E-state index contributed by atoms with van der Waals surface area (Å²) in [4.78, 5) is 0. The number of unbranched alkanes of at least 4 members (excludes halogenated alkanes) is 1. The van der Waals surface area contributed by atoms with Crippen molar-refractivity contribution in [1.82, 2.24) is 0 Å². The summed E-state index contributed by atoms with van der Waals surface area (Å²) in [5.41, 5.74) is 0. The summed E-state index contributed by atoms with van der Waals surface area (Å²) in [6.07, 6.45) is 3.38. The summed E-state index contributed by atoms with van der Waals surface area (Å²) in [6.45, 7) is 4.13. The highest BCUT2D eigenvalue weighted by Crippen LogP contribution is 2.26. The molecule has 1 saturated heterocycles. The van der Waals surface area contributed by atoms with Crippen molar-refractivity contribution < 1.29 is 9.84 Å². The third-order valence-electron chi connectivity index (χ3n) is 1.99. The number of hydrogen-bond acceptors (Lipinski definition) is 2. The van der Waals surface area contributed by atoms with Crippen LogP contribution in [0.15, 0.2) is 0 Å². The molecule has 0 saturated carbocycles. The molecule has 0 aromatic rings. The maximum absolute atomic E-state index is 9.37. The van der Waals surface area contributed by atoms with E-state index in [0.717, 1.165) is 19.3 Å². The molecule has 0 spiro atoms. The minimum Gasteiger partial charge on any atom is -0.390 e. The third kappa shape index (κ3) is 1.96. The minimum atomic E-state index is -0.213. The fourth-order valence-corrected chi connectivity index (χ4v) is 1.18. The van der Waals surface area contributed by atoms with Gasteiger partial charge in [0.2, 0.25) is 0 Å². The van der Waals surface area contributed by atoms with Gasteiger partial charge in [-0.25, -0.2) is 0 Å². The number of epoxide rings is 1. The molecule has 1 heterocycles. The van der Waals surface area contributed by atoms with Gasteiger partial charge in [-0.05, 0) is 13.3 Å². The SMILES string of the molecule is CCCC[C@H](O)[C@@H]1O[C@@H]1C. The van der Waals surface area contributed by atoms with E-state index in [4.69, 9.17) is 4.74 Å². The molecule has 0 radical (unpaired) electrons. The van der Waals surface area contributed by atoms with Gasteiger partial charge in [-0.15, -0.1) is 0 Å². The molecule has 0 unspecified atom stereocenters. The fourth-order valence-electron chi connectivity index (χ4n) is 1.18. The zero-order chi connectivity index (χ0) is 7.56. The van der Waals surface area contributed by atoms with Crippen LogP contribution in [0.4, 0.5) is 0 Å². The van der Waals surface area contributed by atoms with E-state index in [1.54, 1.807) is 0 Å². The molecular formula is C8H16O2. The predicted octanol–water partition coefficient (Wildman–Crippen LogP) is 1.32. The van der Waals surface area contributed by atoms with Crippen molar-refractivity contribution in [3.05, 3.63) is 0 Å². The zero-order valence-corrected chi connectivity index (χ0v) is 6.71. The first-order valence-electron chi connectivity index (χ1n) is 4.09. The highest BCUT2D eigenvalue weighted by molar-refractivity contribution is 4.86.